The van der Waals surface area contributed by atoms with Crippen LogP contribution < -0.4 is 10.2 Å². The normalized spacial score (nSPS) is 29.6. The number of aryl methyl sites for hydroxylation is 1. The number of anilines is 1. The summed E-state index contributed by atoms with van der Waals surface area (Å²) in [4.78, 5) is 55.6. The summed E-state index contributed by atoms with van der Waals surface area (Å²) >= 11 is 2.82. The minimum Gasteiger partial charge on any atom is -0.326 e. The van der Waals surface area contributed by atoms with Crippen LogP contribution in [0.1, 0.15) is 23.3 Å². The zero-order valence-corrected chi connectivity index (χ0v) is 18.9. The standard InChI is InChI=1S/C23H21N3O4S2/c1-10-3-2-4-11(7-10)24-16(27)5-6-26-21(28)17-12-8-14(18(17)22(26)29)19-13(12)9-15-20(32-19)25-23(30)31-15/h2-4,7,9,12,14,17-19H,5-6,8H2,1H3,(H,24,27)(H,25,30)/t12-,14+,17+,18+,19+/m0/s1. The number of nitrogens with one attached hydrogen (secondary N) is 2. The van der Waals surface area contributed by atoms with E-state index in [0.717, 1.165) is 21.9 Å². The summed E-state index contributed by atoms with van der Waals surface area (Å²) in [5, 5.41) is 3.85. The Morgan fingerprint density at radius 2 is 2.03 bits per heavy atom. The number of imide groups is 1. The number of carbonyl (C=O) groups excluding carboxylic acids is 3. The molecule has 2 aromatic rings. The van der Waals surface area contributed by atoms with E-state index in [1.807, 2.05) is 31.2 Å². The van der Waals surface area contributed by atoms with Gasteiger partial charge in [0.1, 0.15) is 0 Å². The lowest BCUT2D eigenvalue weighted by molar-refractivity contribution is -0.140. The quantitative estimate of drug-likeness (QED) is 0.674. The Hall–Kier alpha value is -2.65. The summed E-state index contributed by atoms with van der Waals surface area (Å²) in [5.41, 5.74) is 2.95. The molecule has 9 heteroatoms. The van der Waals surface area contributed by atoms with Crippen molar-refractivity contribution in [2.75, 3.05) is 11.9 Å². The number of nitrogens with zero attached hydrogens (tertiary/aromatic N) is 1. The van der Waals surface area contributed by atoms with Gasteiger partial charge in [0.25, 0.3) is 0 Å². The van der Waals surface area contributed by atoms with Gasteiger partial charge in [-0.15, -0.1) is 0 Å². The van der Waals surface area contributed by atoms with Crippen molar-refractivity contribution in [3.8, 4) is 0 Å². The molecular formula is C23H21N3O4S2. The molecule has 2 aliphatic heterocycles. The third-order valence-corrected chi connectivity index (χ3v) is 9.50. The van der Waals surface area contributed by atoms with E-state index >= 15 is 0 Å². The predicted molar refractivity (Wildman–Crippen MR) is 122 cm³/mol. The smallest absolute Gasteiger partial charge is 0.305 e. The molecular weight excluding hydrogens is 446 g/mol. The second kappa shape index (κ2) is 7.18. The van der Waals surface area contributed by atoms with Gasteiger partial charge >= 0.3 is 4.87 Å². The first kappa shape index (κ1) is 20.0. The number of aromatic amines is 1. The van der Waals surface area contributed by atoms with Crippen LogP contribution in [0.2, 0.25) is 0 Å². The van der Waals surface area contributed by atoms with Crippen molar-refractivity contribution in [3.63, 3.8) is 0 Å². The van der Waals surface area contributed by atoms with Gasteiger partial charge in [0.15, 0.2) is 0 Å². The molecule has 2 saturated carbocycles. The van der Waals surface area contributed by atoms with Gasteiger partial charge in [-0.05, 0) is 49.0 Å². The summed E-state index contributed by atoms with van der Waals surface area (Å²) in [6.45, 7) is 2.06. The average Bonchev–Trinajstić information content (AvgIpc) is 3.46. The van der Waals surface area contributed by atoms with Gasteiger partial charge in [-0.1, -0.05) is 40.8 Å². The largest absolute Gasteiger partial charge is 0.326 e. The molecule has 1 aromatic heterocycles. The molecule has 7 nitrogen and oxygen atoms in total. The summed E-state index contributed by atoms with van der Waals surface area (Å²) in [5.74, 6) is -0.984. The van der Waals surface area contributed by atoms with Crippen LogP contribution in [0.3, 0.4) is 0 Å². The van der Waals surface area contributed by atoms with Gasteiger partial charge in [-0.2, -0.15) is 0 Å². The van der Waals surface area contributed by atoms with E-state index in [9.17, 15) is 19.2 Å². The molecule has 2 bridgehead atoms. The Balaban J connectivity index is 1.17. The number of hydrogen-bond donors (Lipinski definition) is 2. The molecule has 32 heavy (non-hydrogen) atoms. The highest BCUT2D eigenvalue weighted by Gasteiger charge is 2.66. The van der Waals surface area contributed by atoms with Crippen molar-refractivity contribution in [1.82, 2.24) is 9.88 Å². The number of likely N-dealkylation sites (tertiary alicyclic amines) is 1. The third kappa shape index (κ3) is 2.94. The van der Waals surface area contributed by atoms with Crippen LogP contribution >= 0.6 is 23.1 Å². The molecule has 1 aromatic carbocycles. The van der Waals surface area contributed by atoms with E-state index in [1.54, 1.807) is 11.8 Å². The van der Waals surface area contributed by atoms with Gasteiger partial charge in [0.2, 0.25) is 17.7 Å². The van der Waals surface area contributed by atoms with Crippen LogP contribution in [0.25, 0.3) is 6.08 Å². The number of hydrogen-bond acceptors (Lipinski definition) is 6. The van der Waals surface area contributed by atoms with Crippen LogP contribution in [0.5, 0.6) is 0 Å². The molecule has 0 radical (unpaired) electrons. The Bertz CT molecular complexity index is 1260. The monoisotopic (exact) mass is 467 g/mol. The number of aromatic nitrogens is 1. The zero-order valence-electron chi connectivity index (χ0n) is 17.3. The minimum atomic E-state index is -0.326. The van der Waals surface area contributed by atoms with Gasteiger partial charge < -0.3 is 10.3 Å². The Labute approximate surface area is 192 Å². The van der Waals surface area contributed by atoms with Crippen molar-refractivity contribution in [1.29, 1.82) is 0 Å². The number of thioether (sulfide) groups is 1. The number of carbonyl (C=O) groups is 3. The molecule has 164 valence electrons. The van der Waals surface area contributed by atoms with Crippen LogP contribution in [0.15, 0.2) is 39.7 Å². The molecule has 1 saturated heterocycles. The van der Waals surface area contributed by atoms with Crippen molar-refractivity contribution in [3.05, 3.63) is 49.9 Å². The first-order valence-corrected chi connectivity index (χ1v) is 12.4. The first-order valence-electron chi connectivity index (χ1n) is 10.7. The SMILES string of the molecule is Cc1cccc(NC(=O)CCN2C(=O)[C@@H]3[C@H]4C[C@@H](C5=Cc6sc(=O)[nH]c6S[C@H]54)[C@H]3C2=O)c1. The lowest BCUT2D eigenvalue weighted by Crippen LogP contribution is -2.35. The highest BCUT2D eigenvalue weighted by molar-refractivity contribution is 8.00. The number of rotatable bonds is 4. The molecule has 2 N–H and O–H groups in total. The predicted octanol–water partition coefficient (Wildman–Crippen LogP) is 2.88. The van der Waals surface area contributed by atoms with Gasteiger partial charge in [-0.25, -0.2) is 0 Å². The van der Waals surface area contributed by atoms with Crippen LogP contribution in [0, 0.1) is 30.6 Å². The lowest BCUT2D eigenvalue weighted by atomic mass is 9.77. The Morgan fingerprint density at radius 3 is 2.84 bits per heavy atom. The summed E-state index contributed by atoms with van der Waals surface area (Å²) in [6.07, 6.45) is 2.99. The van der Waals surface area contributed by atoms with E-state index in [1.165, 1.54) is 21.8 Å². The first-order chi connectivity index (χ1) is 15.4. The van der Waals surface area contributed by atoms with Crippen LogP contribution in [-0.4, -0.2) is 39.4 Å². The molecule has 0 unspecified atom stereocenters. The van der Waals surface area contributed by atoms with Crippen LogP contribution in [-0.2, 0) is 14.4 Å². The molecule has 3 amide bonds. The fourth-order valence-electron chi connectivity index (χ4n) is 5.86. The van der Waals surface area contributed by atoms with Gasteiger partial charge in [0, 0.05) is 23.9 Å². The topological polar surface area (TPSA) is 99.3 Å². The van der Waals surface area contributed by atoms with E-state index in [4.69, 9.17) is 0 Å². The van der Waals surface area contributed by atoms with Crippen molar-refractivity contribution < 1.29 is 14.4 Å². The number of thiazole rings is 1. The number of amides is 3. The van der Waals surface area contributed by atoms with Crippen molar-refractivity contribution in [2.24, 2.45) is 23.7 Å². The van der Waals surface area contributed by atoms with Crippen molar-refractivity contribution in [2.45, 2.75) is 30.0 Å². The summed E-state index contributed by atoms with van der Waals surface area (Å²) < 4.78 is 0. The Morgan fingerprint density at radius 1 is 1.22 bits per heavy atom. The Kier molecular flexibility index (Phi) is 4.49. The molecule has 4 aliphatic rings. The second-order valence-electron chi connectivity index (χ2n) is 8.94. The highest BCUT2D eigenvalue weighted by atomic mass is 32.2. The van der Waals surface area contributed by atoms with Crippen LogP contribution in [0.4, 0.5) is 5.69 Å². The van der Waals surface area contributed by atoms with E-state index < -0.39 is 0 Å². The fourth-order valence-corrected chi connectivity index (χ4v) is 8.30. The number of fused-ring (bicyclic) bond motifs is 9. The second-order valence-corrected chi connectivity index (χ2v) is 11.1. The number of H-pyrrole nitrogens is 1. The maximum absolute atomic E-state index is 13.2. The molecule has 3 fully saturated rings. The lowest BCUT2D eigenvalue weighted by Gasteiger charge is -2.32. The number of benzene rings is 1. The molecule has 5 atom stereocenters. The maximum Gasteiger partial charge on any atom is 0.305 e. The minimum absolute atomic E-state index is 0.0513. The molecule has 3 heterocycles. The third-order valence-electron chi connectivity index (χ3n) is 7.10. The highest BCUT2D eigenvalue weighted by Crippen LogP contribution is 2.64. The molecule has 6 rings (SSSR count). The maximum atomic E-state index is 13.2. The van der Waals surface area contributed by atoms with E-state index in [0.29, 0.717) is 5.69 Å². The molecule has 0 spiro atoms. The zero-order chi connectivity index (χ0) is 22.1. The van der Waals surface area contributed by atoms with Gasteiger partial charge in [0.05, 0.1) is 21.7 Å². The summed E-state index contributed by atoms with van der Waals surface area (Å²) in [7, 11) is 0. The fraction of sp³-hybridized carbons (Fsp3) is 0.391. The van der Waals surface area contributed by atoms with Gasteiger partial charge in [-0.3, -0.25) is 24.1 Å². The molecule has 2 aliphatic carbocycles. The van der Waals surface area contributed by atoms with E-state index in [2.05, 4.69) is 16.4 Å². The summed E-state index contributed by atoms with van der Waals surface area (Å²) in [6, 6.07) is 7.52. The average molecular weight is 468 g/mol. The van der Waals surface area contributed by atoms with E-state index in [-0.39, 0.29) is 64.5 Å². The van der Waals surface area contributed by atoms with Crippen molar-refractivity contribution >= 4 is 52.6 Å².